The van der Waals surface area contributed by atoms with Gasteiger partial charge in [-0.3, -0.25) is 10.2 Å². The van der Waals surface area contributed by atoms with Gasteiger partial charge in [0.2, 0.25) is 0 Å². The summed E-state index contributed by atoms with van der Waals surface area (Å²) in [6.07, 6.45) is 1.34. The Balaban J connectivity index is 2.09. The van der Waals surface area contributed by atoms with Gasteiger partial charge >= 0.3 is 5.91 Å². The van der Waals surface area contributed by atoms with Gasteiger partial charge in [0.1, 0.15) is 6.61 Å². The molecule has 0 saturated heterocycles. The highest BCUT2D eigenvalue weighted by Gasteiger charge is 2.15. The molecule has 2 aromatic rings. The number of carbonyl (C=O) groups is 1. The number of rotatable bonds is 4. The fourth-order valence-corrected chi connectivity index (χ4v) is 1.43. The molecule has 5 nitrogen and oxygen atoms in total. The van der Waals surface area contributed by atoms with Crippen LogP contribution < -0.4 is 16.0 Å². The number of hydrogen-bond acceptors (Lipinski definition) is 4. The lowest BCUT2D eigenvalue weighted by Gasteiger charge is -2.06. The average Bonchev–Trinajstić information content (AvgIpc) is 2.85. The molecule has 1 aromatic carbocycles. The number of hydrazine groups is 1. The number of nitrogens with two attached hydrogens (primary N) is 1. The molecule has 6 heteroatoms. The molecule has 1 amide bonds. The molecule has 2 rings (SSSR count). The van der Waals surface area contributed by atoms with Crippen molar-refractivity contribution in [3.63, 3.8) is 0 Å². The van der Waals surface area contributed by atoms with Crippen LogP contribution >= 0.6 is 0 Å². The Bertz CT molecular complexity index is 554. The minimum Gasteiger partial charge on any atom is -0.486 e. The average molecular weight is 250 g/mol. The zero-order chi connectivity index (χ0) is 13.0. The van der Waals surface area contributed by atoms with Gasteiger partial charge in [-0.15, -0.1) is 0 Å². The zero-order valence-electron chi connectivity index (χ0n) is 9.35. The molecule has 3 N–H and O–H groups in total. The number of nitrogen functional groups attached to an aromatic ring is 1. The first-order valence-electron chi connectivity index (χ1n) is 5.17. The molecule has 0 unspecified atom stereocenters. The molecule has 0 atom stereocenters. The summed E-state index contributed by atoms with van der Waals surface area (Å²) in [4.78, 5) is 11.3. The highest BCUT2D eigenvalue weighted by Crippen LogP contribution is 2.18. The van der Waals surface area contributed by atoms with Gasteiger partial charge in [-0.2, -0.15) is 0 Å². The summed E-state index contributed by atoms with van der Waals surface area (Å²) in [6.45, 7) is 0.0141. The second kappa shape index (κ2) is 5.33. The summed E-state index contributed by atoms with van der Waals surface area (Å²) in [5.41, 5.74) is 2.44. The summed E-state index contributed by atoms with van der Waals surface area (Å²) in [6, 6.07) is 7.57. The predicted molar refractivity (Wildman–Crippen MR) is 61.1 cm³/mol. The van der Waals surface area contributed by atoms with E-state index < -0.39 is 11.7 Å². The number of amides is 1. The Kier molecular flexibility index (Phi) is 3.59. The van der Waals surface area contributed by atoms with Crippen LogP contribution in [0.2, 0.25) is 0 Å². The van der Waals surface area contributed by atoms with Crippen molar-refractivity contribution in [1.29, 1.82) is 0 Å². The van der Waals surface area contributed by atoms with Crippen LogP contribution in [0.25, 0.3) is 0 Å². The van der Waals surface area contributed by atoms with Crippen molar-refractivity contribution in [2.75, 3.05) is 0 Å². The highest BCUT2D eigenvalue weighted by molar-refractivity contribution is 5.92. The minimum atomic E-state index is -0.563. The lowest BCUT2D eigenvalue weighted by Crippen LogP contribution is -2.30. The number of hydrogen-bond donors (Lipinski definition) is 2. The van der Waals surface area contributed by atoms with E-state index >= 15 is 0 Å². The molecule has 0 bridgehead atoms. The van der Waals surface area contributed by atoms with E-state index in [2.05, 4.69) is 0 Å². The summed E-state index contributed by atoms with van der Waals surface area (Å²) in [5, 5.41) is 0. The Morgan fingerprint density at radius 3 is 2.89 bits per heavy atom. The molecule has 0 aliphatic rings. The van der Waals surface area contributed by atoms with E-state index in [9.17, 15) is 9.18 Å². The van der Waals surface area contributed by atoms with Crippen LogP contribution in [0.15, 0.2) is 41.0 Å². The number of para-hydroxylation sites is 1. The first-order chi connectivity index (χ1) is 8.72. The van der Waals surface area contributed by atoms with Crippen molar-refractivity contribution in [3.05, 3.63) is 53.7 Å². The molecule has 0 spiro atoms. The largest absolute Gasteiger partial charge is 0.486 e. The molecule has 0 aliphatic heterocycles. The standard InChI is InChI=1S/C12H11FN2O3/c13-9-3-1-2-4-10(9)18-7-8-5-6-17-11(8)12(16)15-14/h1-6H,7,14H2,(H,15,16). The maximum atomic E-state index is 13.3. The van der Waals surface area contributed by atoms with E-state index in [4.69, 9.17) is 15.0 Å². The Labute approximate surface area is 102 Å². The zero-order valence-corrected chi connectivity index (χ0v) is 9.35. The molecular weight excluding hydrogens is 239 g/mol. The summed E-state index contributed by atoms with van der Waals surface area (Å²) < 4.78 is 23.5. The number of furan rings is 1. The van der Waals surface area contributed by atoms with Crippen LogP contribution in [0.4, 0.5) is 4.39 Å². The van der Waals surface area contributed by atoms with E-state index in [0.29, 0.717) is 5.56 Å². The molecular formula is C12H11FN2O3. The quantitative estimate of drug-likeness (QED) is 0.491. The second-order valence-corrected chi connectivity index (χ2v) is 3.47. The number of halogens is 1. The molecule has 0 saturated carbocycles. The fourth-order valence-electron chi connectivity index (χ4n) is 1.43. The van der Waals surface area contributed by atoms with Crippen LogP contribution in [-0.2, 0) is 6.61 Å². The highest BCUT2D eigenvalue weighted by atomic mass is 19.1. The van der Waals surface area contributed by atoms with Gasteiger partial charge in [0.05, 0.1) is 6.26 Å². The van der Waals surface area contributed by atoms with E-state index in [1.165, 1.54) is 18.4 Å². The maximum absolute atomic E-state index is 13.3. The number of benzene rings is 1. The van der Waals surface area contributed by atoms with Gasteiger partial charge in [0.15, 0.2) is 17.3 Å². The Morgan fingerprint density at radius 1 is 1.39 bits per heavy atom. The summed E-state index contributed by atoms with van der Waals surface area (Å²) in [5.74, 6) is 4.13. The molecule has 0 radical (unpaired) electrons. The van der Waals surface area contributed by atoms with Crippen molar-refractivity contribution >= 4 is 5.91 Å². The smallest absolute Gasteiger partial charge is 0.301 e. The first kappa shape index (κ1) is 12.1. The third-order valence-electron chi connectivity index (χ3n) is 2.30. The van der Waals surface area contributed by atoms with Crippen molar-refractivity contribution in [2.45, 2.75) is 6.61 Å². The molecule has 94 valence electrons. The number of nitrogens with one attached hydrogen (secondary N) is 1. The van der Waals surface area contributed by atoms with Gasteiger partial charge in [-0.25, -0.2) is 10.2 Å². The van der Waals surface area contributed by atoms with E-state index in [1.54, 1.807) is 18.2 Å². The van der Waals surface area contributed by atoms with Crippen LogP contribution in [0.5, 0.6) is 5.75 Å². The van der Waals surface area contributed by atoms with Crippen LogP contribution in [-0.4, -0.2) is 5.91 Å². The lowest BCUT2D eigenvalue weighted by molar-refractivity contribution is 0.0922. The van der Waals surface area contributed by atoms with Gasteiger partial charge in [0.25, 0.3) is 0 Å². The van der Waals surface area contributed by atoms with E-state index in [-0.39, 0.29) is 18.1 Å². The lowest BCUT2D eigenvalue weighted by atomic mass is 10.2. The summed E-state index contributed by atoms with van der Waals surface area (Å²) >= 11 is 0. The third-order valence-corrected chi connectivity index (χ3v) is 2.30. The predicted octanol–water partition coefficient (Wildman–Crippen LogP) is 1.60. The number of ether oxygens (including phenoxy) is 1. The Hall–Kier alpha value is -2.34. The van der Waals surface area contributed by atoms with Crippen molar-refractivity contribution in [3.8, 4) is 5.75 Å². The van der Waals surface area contributed by atoms with Crippen LogP contribution in [0.3, 0.4) is 0 Å². The van der Waals surface area contributed by atoms with Gasteiger partial charge in [-0.1, -0.05) is 12.1 Å². The van der Waals surface area contributed by atoms with Gasteiger partial charge < -0.3 is 9.15 Å². The molecule has 0 fully saturated rings. The van der Waals surface area contributed by atoms with E-state index in [1.807, 2.05) is 5.43 Å². The van der Waals surface area contributed by atoms with Gasteiger partial charge in [-0.05, 0) is 18.2 Å². The molecule has 18 heavy (non-hydrogen) atoms. The second-order valence-electron chi connectivity index (χ2n) is 3.47. The molecule has 0 aliphatic carbocycles. The fraction of sp³-hybridized carbons (Fsp3) is 0.0833. The topological polar surface area (TPSA) is 77.5 Å². The monoisotopic (exact) mass is 250 g/mol. The normalized spacial score (nSPS) is 10.1. The van der Waals surface area contributed by atoms with Crippen molar-refractivity contribution in [2.24, 2.45) is 5.84 Å². The molecule has 1 heterocycles. The third kappa shape index (κ3) is 2.49. The SMILES string of the molecule is NNC(=O)c1occc1COc1ccccc1F. The van der Waals surface area contributed by atoms with Crippen LogP contribution in [0, 0.1) is 5.82 Å². The first-order valence-corrected chi connectivity index (χ1v) is 5.17. The number of carbonyl (C=O) groups excluding carboxylic acids is 1. The minimum absolute atomic E-state index is 0.0141. The summed E-state index contributed by atoms with van der Waals surface area (Å²) in [7, 11) is 0. The van der Waals surface area contributed by atoms with Crippen molar-refractivity contribution < 1.29 is 18.3 Å². The molecule has 1 aromatic heterocycles. The van der Waals surface area contributed by atoms with Crippen molar-refractivity contribution in [1.82, 2.24) is 5.43 Å². The van der Waals surface area contributed by atoms with Crippen LogP contribution in [0.1, 0.15) is 16.1 Å². The Morgan fingerprint density at radius 2 is 2.17 bits per heavy atom. The maximum Gasteiger partial charge on any atom is 0.301 e. The van der Waals surface area contributed by atoms with Gasteiger partial charge in [0, 0.05) is 5.56 Å². The van der Waals surface area contributed by atoms with E-state index in [0.717, 1.165) is 0 Å².